The molecule has 0 atom stereocenters. The molecule has 1 aromatic heterocycles. The van der Waals surface area contributed by atoms with Crippen LogP contribution in [0.5, 0.6) is 0 Å². The molecular formula is C14H11ClN2O2. The third-order valence-electron chi connectivity index (χ3n) is 2.93. The van der Waals surface area contributed by atoms with Gasteiger partial charge in [-0.2, -0.15) is 5.26 Å². The predicted octanol–water partition coefficient (Wildman–Crippen LogP) is 2.69. The van der Waals surface area contributed by atoms with Crippen molar-refractivity contribution in [3.63, 3.8) is 0 Å². The minimum absolute atomic E-state index is 0.114. The van der Waals surface area contributed by atoms with Crippen LogP contribution in [-0.4, -0.2) is 10.4 Å². The normalized spacial score (nSPS) is 10.4. The molecule has 0 radical (unpaired) electrons. The monoisotopic (exact) mass is 274 g/mol. The van der Waals surface area contributed by atoms with E-state index in [4.69, 9.17) is 16.9 Å². The second-order valence-corrected chi connectivity index (χ2v) is 4.73. The summed E-state index contributed by atoms with van der Waals surface area (Å²) in [5.74, 6) is -0.123. The summed E-state index contributed by atoms with van der Waals surface area (Å²) < 4.78 is 1.19. The minimum Gasteiger partial charge on any atom is -0.294 e. The van der Waals surface area contributed by atoms with Crippen molar-refractivity contribution in [1.82, 2.24) is 4.57 Å². The summed E-state index contributed by atoms with van der Waals surface area (Å²) in [7, 11) is 0. The van der Waals surface area contributed by atoms with Gasteiger partial charge in [0.05, 0.1) is 6.07 Å². The van der Waals surface area contributed by atoms with E-state index >= 15 is 0 Å². The first kappa shape index (κ1) is 13.3. The number of aromatic nitrogens is 1. The number of ketones is 1. The maximum absolute atomic E-state index is 12.3. The molecule has 96 valence electrons. The van der Waals surface area contributed by atoms with Crippen molar-refractivity contribution in [2.45, 2.75) is 20.4 Å². The highest BCUT2D eigenvalue weighted by atomic mass is 35.5. The Labute approximate surface area is 114 Å². The highest BCUT2D eigenvalue weighted by Gasteiger charge is 2.13. The van der Waals surface area contributed by atoms with Crippen molar-refractivity contribution < 1.29 is 4.79 Å². The lowest BCUT2D eigenvalue weighted by Gasteiger charge is -2.10. The van der Waals surface area contributed by atoms with Crippen molar-refractivity contribution in [1.29, 1.82) is 5.26 Å². The van der Waals surface area contributed by atoms with Crippen LogP contribution in [0.2, 0.25) is 5.15 Å². The van der Waals surface area contributed by atoms with Gasteiger partial charge in [0.25, 0.3) is 5.56 Å². The standard InChI is InChI=1S/C14H11ClN2O2/c1-8-5-10(9(2)18)11-7-13(15)17(4-3-16)14(19)12(11)6-8/h5-7H,4H2,1-2H3. The molecule has 2 aromatic rings. The number of pyridine rings is 1. The molecule has 0 saturated carbocycles. The van der Waals surface area contributed by atoms with Crippen molar-refractivity contribution in [3.8, 4) is 6.07 Å². The predicted molar refractivity (Wildman–Crippen MR) is 73.6 cm³/mol. The van der Waals surface area contributed by atoms with Crippen LogP contribution in [0, 0.1) is 18.3 Å². The molecule has 0 fully saturated rings. The molecule has 0 bridgehead atoms. The molecule has 0 spiro atoms. The summed E-state index contributed by atoms with van der Waals surface area (Å²) in [6, 6.07) is 6.89. The van der Waals surface area contributed by atoms with E-state index in [0.29, 0.717) is 16.3 Å². The number of rotatable bonds is 2. The van der Waals surface area contributed by atoms with Crippen LogP contribution in [0.25, 0.3) is 10.8 Å². The Balaban J connectivity index is 2.97. The Kier molecular flexibility index (Phi) is 3.41. The molecule has 0 unspecified atom stereocenters. The van der Waals surface area contributed by atoms with Crippen LogP contribution in [-0.2, 0) is 6.54 Å². The van der Waals surface area contributed by atoms with Crippen LogP contribution < -0.4 is 5.56 Å². The van der Waals surface area contributed by atoms with E-state index in [-0.39, 0.29) is 23.0 Å². The summed E-state index contributed by atoms with van der Waals surface area (Å²) in [4.78, 5) is 23.9. The summed E-state index contributed by atoms with van der Waals surface area (Å²) in [6.45, 7) is 3.15. The third-order valence-corrected chi connectivity index (χ3v) is 3.24. The molecule has 0 amide bonds. The third kappa shape index (κ3) is 2.25. The second-order valence-electron chi connectivity index (χ2n) is 4.35. The van der Waals surface area contributed by atoms with E-state index in [2.05, 4.69) is 0 Å². The van der Waals surface area contributed by atoms with Gasteiger partial charge in [-0.05, 0) is 37.6 Å². The van der Waals surface area contributed by atoms with Gasteiger partial charge in [-0.15, -0.1) is 0 Å². The summed E-state index contributed by atoms with van der Waals surface area (Å²) in [5.41, 5.74) is 0.939. The summed E-state index contributed by atoms with van der Waals surface area (Å²) in [6.07, 6.45) is 0. The fourth-order valence-corrected chi connectivity index (χ4v) is 2.32. The van der Waals surface area contributed by atoms with Crippen molar-refractivity contribution in [2.24, 2.45) is 0 Å². The molecule has 0 aliphatic rings. The zero-order valence-electron chi connectivity index (χ0n) is 10.5. The molecule has 0 saturated heterocycles. The topological polar surface area (TPSA) is 62.9 Å². The molecule has 5 heteroatoms. The van der Waals surface area contributed by atoms with Crippen LogP contribution >= 0.6 is 11.6 Å². The fourth-order valence-electron chi connectivity index (χ4n) is 2.08. The quantitative estimate of drug-likeness (QED) is 0.625. The number of hydrogen-bond acceptors (Lipinski definition) is 3. The first-order chi connectivity index (χ1) is 8.95. The van der Waals surface area contributed by atoms with Gasteiger partial charge >= 0.3 is 0 Å². The molecule has 1 aromatic carbocycles. The van der Waals surface area contributed by atoms with E-state index < -0.39 is 0 Å². The van der Waals surface area contributed by atoms with E-state index in [0.717, 1.165) is 5.56 Å². The Hall–Kier alpha value is -2.12. The number of carbonyl (C=O) groups excluding carboxylic acids is 1. The van der Waals surface area contributed by atoms with Crippen LogP contribution in [0.3, 0.4) is 0 Å². The maximum atomic E-state index is 12.3. The lowest BCUT2D eigenvalue weighted by atomic mass is 10.0. The average molecular weight is 275 g/mol. The molecule has 19 heavy (non-hydrogen) atoms. The first-order valence-corrected chi connectivity index (χ1v) is 6.05. The zero-order valence-corrected chi connectivity index (χ0v) is 11.3. The number of nitrogens with zero attached hydrogens (tertiary/aromatic N) is 2. The van der Waals surface area contributed by atoms with Crippen LogP contribution in [0.4, 0.5) is 0 Å². The largest absolute Gasteiger partial charge is 0.294 e. The van der Waals surface area contributed by atoms with E-state index in [1.165, 1.54) is 11.5 Å². The molecular weight excluding hydrogens is 264 g/mol. The molecule has 4 nitrogen and oxygen atoms in total. The van der Waals surface area contributed by atoms with Gasteiger partial charge in [-0.3, -0.25) is 14.2 Å². The zero-order chi connectivity index (χ0) is 14.2. The van der Waals surface area contributed by atoms with Crippen LogP contribution in [0.1, 0.15) is 22.8 Å². The number of aryl methyl sites for hydroxylation is 1. The van der Waals surface area contributed by atoms with Gasteiger partial charge in [0, 0.05) is 16.3 Å². The summed E-state index contributed by atoms with van der Waals surface area (Å²) >= 11 is 6.00. The van der Waals surface area contributed by atoms with Crippen molar-refractivity contribution >= 4 is 28.2 Å². The van der Waals surface area contributed by atoms with E-state index in [9.17, 15) is 9.59 Å². The minimum atomic E-state index is -0.352. The smallest absolute Gasteiger partial charge is 0.260 e. The number of Topliss-reactive ketones (excluding diaryl/α,β-unsaturated/α-hetero) is 1. The number of fused-ring (bicyclic) bond motifs is 1. The molecule has 0 aliphatic heterocycles. The maximum Gasteiger partial charge on any atom is 0.260 e. The number of carbonyl (C=O) groups is 1. The highest BCUT2D eigenvalue weighted by Crippen LogP contribution is 2.22. The summed E-state index contributed by atoms with van der Waals surface area (Å²) in [5, 5.41) is 9.81. The molecule has 0 N–H and O–H groups in total. The van der Waals surface area contributed by atoms with Gasteiger partial charge in [0.1, 0.15) is 11.7 Å². The lowest BCUT2D eigenvalue weighted by Crippen LogP contribution is -2.21. The number of halogens is 1. The molecule has 1 heterocycles. The van der Waals surface area contributed by atoms with Gasteiger partial charge in [-0.1, -0.05) is 11.6 Å². The Bertz CT molecular complexity index is 785. The Morgan fingerprint density at radius 2 is 2.05 bits per heavy atom. The van der Waals surface area contributed by atoms with Crippen LogP contribution in [0.15, 0.2) is 23.0 Å². The van der Waals surface area contributed by atoms with Gasteiger partial charge in [0.15, 0.2) is 5.78 Å². The molecule has 2 rings (SSSR count). The fraction of sp³-hybridized carbons (Fsp3) is 0.214. The average Bonchev–Trinajstić information content (AvgIpc) is 2.34. The highest BCUT2D eigenvalue weighted by molar-refractivity contribution is 6.30. The number of benzene rings is 1. The van der Waals surface area contributed by atoms with E-state index in [1.807, 2.05) is 13.0 Å². The second kappa shape index (κ2) is 4.87. The molecule has 0 aliphatic carbocycles. The number of hydrogen-bond donors (Lipinski definition) is 0. The van der Waals surface area contributed by atoms with Gasteiger partial charge < -0.3 is 0 Å². The Morgan fingerprint density at radius 3 is 2.63 bits per heavy atom. The van der Waals surface area contributed by atoms with Crippen molar-refractivity contribution in [3.05, 3.63) is 44.8 Å². The SMILES string of the molecule is CC(=O)c1cc(C)cc2c(=O)n(CC#N)c(Cl)cc12. The van der Waals surface area contributed by atoms with Crippen molar-refractivity contribution in [2.75, 3.05) is 0 Å². The Morgan fingerprint density at radius 1 is 1.37 bits per heavy atom. The number of nitriles is 1. The van der Waals surface area contributed by atoms with Gasteiger partial charge in [0.2, 0.25) is 0 Å². The van der Waals surface area contributed by atoms with Gasteiger partial charge in [-0.25, -0.2) is 0 Å². The first-order valence-electron chi connectivity index (χ1n) is 5.67. The lowest BCUT2D eigenvalue weighted by molar-refractivity contribution is 0.101. The van der Waals surface area contributed by atoms with E-state index in [1.54, 1.807) is 18.2 Å².